The average molecular weight is 162 g/mol. The third-order valence-electron chi connectivity index (χ3n) is 2.06. The molecule has 3 heteroatoms. The monoisotopic (exact) mass is 162 g/mol. The molecule has 0 fully saturated rings. The molecular formula is C7H18O2Si. The molecule has 0 aromatic rings. The highest BCUT2D eigenvalue weighted by Gasteiger charge is 2.30. The maximum absolute atomic E-state index is 5.34. The van der Waals surface area contributed by atoms with E-state index in [0.717, 1.165) is 0 Å². The molecule has 0 aromatic carbocycles. The van der Waals surface area contributed by atoms with Crippen molar-refractivity contribution in [1.82, 2.24) is 0 Å². The highest BCUT2D eigenvalue weighted by atomic mass is 28.2. The summed E-state index contributed by atoms with van der Waals surface area (Å²) in [5.74, 6) is 0.458. The Kier molecular flexibility index (Phi) is 4.16. The molecule has 2 nitrogen and oxygen atoms in total. The van der Waals surface area contributed by atoms with Gasteiger partial charge in [-0.3, -0.25) is 0 Å². The summed E-state index contributed by atoms with van der Waals surface area (Å²) in [5.41, 5.74) is -0.236. The van der Waals surface area contributed by atoms with Gasteiger partial charge in [0.25, 0.3) is 0 Å². The summed E-state index contributed by atoms with van der Waals surface area (Å²) in [6, 6.07) is 0. The van der Waals surface area contributed by atoms with Crippen molar-refractivity contribution in [2.75, 3.05) is 14.2 Å². The van der Waals surface area contributed by atoms with Crippen LogP contribution in [0.2, 0.25) is 6.55 Å². The number of rotatable bonds is 4. The zero-order chi connectivity index (χ0) is 8.20. The van der Waals surface area contributed by atoms with Crippen LogP contribution >= 0.6 is 0 Å². The summed E-state index contributed by atoms with van der Waals surface area (Å²) in [6.45, 7) is 6.46. The van der Waals surface area contributed by atoms with Crippen LogP contribution in [0.1, 0.15) is 13.8 Å². The van der Waals surface area contributed by atoms with Crippen molar-refractivity contribution >= 4 is 9.52 Å². The van der Waals surface area contributed by atoms with Gasteiger partial charge in [0.05, 0.1) is 9.52 Å². The Balaban J connectivity index is 4.15. The lowest BCUT2D eigenvalue weighted by atomic mass is 10.2. The first-order valence-electron chi connectivity index (χ1n) is 3.73. The first-order chi connectivity index (χ1) is 4.63. The highest BCUT2D eigenvalue weighted by Crippen LogP contribution is 2.19. The molecule has 0 saturated heterocycles. The van der Waals surface area contributed by atoms with E-state index in [2.05, 4.69) is 20.4 Å². The zero-order valence-electron chi connectivity index (χ0n) is 7.60. The Morgan fingerprint density at radius 3 is 1.60 bits per heavy atom. The minimum absolute atomic E-state index is 0.236. The maximum Gasteiger partial charge on any atom is 0.146 e. The van der Waals surface area contributed by atoms with E-state index in [1.807, 2.05) is 0 Å². The second-order valence-electron chi connectivity index (χ2n) is 2.73. The standard InChI is InChI=1S/C7H18O2Si/c1-6(2)7(8-3,9-4)10-5/h6H,10H2,1-5H3. The topological polar surface area (TPSA) is 18.5 Å². The van der Waals surface area contributed by atoms with Crippen molar-refractivity contribution < 1.29 is 9.47 Å². The molecule has 10 heavy (non-hydrogen) atoms. The van der Waals surface area contributed by atoms with Crippen LogP contribution in [0, 0.1) is 5.92 Å². The van der Waals surface area contributed by atoms with Crippen LogP contribution in [0.5, 0.6) is 0 Å². The van der Waals surface area contributed by atoms with Crippen molar-refractivity contribution in [2.45, 2.75) is 25.8 Å². The van der Waals surface area contributed by atoms with Gasteiger partial charge < -0.3 is 9.47 Å². The average Bonchev–Trinajstić information content (AvgIpc) is 1.92. The van der Waals surface area contributed by atoms with Crippen molar-refractivity contribution in [3.63, 3.8) is 0 Å². The summed E-state index contributed by atoms with van der Waals surface area (Å²) >= 11 is 0. The fourth-order valence-electron chi connectivity index (χ4n) is 1.25. The summed E-state index contributed by atoms with van der Waals surface area (Å²) in [6.07, 6.45) is 0. The second kappa shape index (κ2) is 4.11. The minimum atomic E-state index is -0.271. The fraction of sp³-hybridized carbons (Fsp3) is 1.00. The van der Waals surface area contributed by atoms with E-state index in [0.29, 0.717) is 5.92 Å². The molecule has 0 aromatic heterocycles. The Morgan fingerprint density at radius 2 is 1.60 bits per heavy atom. The first-order valence-corrected chi connectivity index (χ1v) is 5.85. The van der Waals surface area contributed by atoms with Gasteiger partial charge >= 0.3 is 0 Å². The van der Waals surface area contributed by atoms with Gasteiger partial charge in [0.15, 0.2) is 0 Å². The third-order valence-corrected chi connectivity index (χ3v) is 4.44. The molecule has 0 aliphatic rings. The van der Waals surface area contributed by atoms with Crippen LogP contribution < -0.4 is 0 Å². The van der Waals surface area contributed by atoms with Crippen LogP contribution in [0.4, 0.5) is 0 Å². The van der Waals surface area contributed by atoms with Crippen LogP contribution in [-0.4, -0.2) is 29.1 Å². The second-order valence-corrected chi connectivity index (χ2v) is 4.42. The van der Waals surface area contributed by atoms with E-state index < -0.39 is 0 Å². The lowest BCUT2D eigenvalue weighted by Crippen LogP contribution is -2.44. The molecule has 0 aliphatic heterocycles. The molecule has 0 spiro atoms. The summed E-state index contributed by atoms with van der Waals surface area (Å²) in [7, 11) is 3.17. The lowest BCUT2D eigenvalue weighted by molar-refractivity contribution is -0.171. The number of hydrogen-bond donors (Lipinski definition) is 0. The number of hydrogen-bond acceptors (Lipinski definition) is 2. The lowest BCUT2D eigenvalue weighted by Gasteiger charge is -2.33. The molecule has 0 saturated carbocycles. The highest BCUT2D eigenvalue weighted by molar-refractivity contribution is 6.37. The Hall–Kier alpha value is 0.137. The molecule has 0 bridgehead atoms. The van der Waals surface area contributed by atoms with Gasteiger partial charge in [-0.2, -0.15) is 0 Å². The minimum Gasteiger partial charge on any atom is -0.357 e. The molecule has 0 N–H and O–H groups in total. The Morgan fingerprint density at radius 1 is 1.20 bits per heavy atom. The van der Waals surface area contributed by atoms with Gasteiger partial charge in [0.1, 0.15) is 5.41 Å². The normalized spacial score (nSPS) is 13.8. The van der Waals surface area contributed by atoms with Gasteiger partial charge in [0.2, 0.25) is 0 Å². The summed E-state index contributed by atoms with van der Waals surface area (Å²) < 4.78 is 10.7. The third kappa shape index (κ3) is 1.81. The largest absolute Gasteiger partial charge is 0.357 e. The van der Waals surface area contributed by atoms with Gasteiger partial charge in [0, 0.05) is 20.1 Å². The smallest absolute Gasteiger partial charge is 0.146 e. The van der Waals surface area contributed by atoms with E-state index >= 15 is 0 Å². The SMILES string of the molecule is COC(OC)([SiH2]C)C(C)C. The van der Waals surface area contributed by atoms with E-state index in [1.54, 1.807) is 14.2 Å². The molecule has 0 aliphatic carbocycles. The predicted octanol–water partition coefficient (Wildman–Crippen LogP) is 0.806. The van der Waals surface area contributed by atoms with Gasteiger partial charge in [-0.1, -0.05) is 20.4 Å². The maximum atomic E-state index is 5.34. The fourth-order valence-corrected chi connectivity index (χ4v) is 2.65. The van der Waals surface area contributed by atoms with Crippen molar-refractivity contribution in [1.29, 1.82) is 0 Å². The van der Waals surface area contributed by atoms with Crippen molar-refractivity contribution in [3.8, 4) is 0 Å². The molecule has 0 rings (SSSR count). The van der Waals surface area contributed by atoms with Crippen molar-refractivity contribution in [3.05, 3.63) is 0 Å². The zero-order valence-corrected chi connectivity index (χ0v) is 9.02. The van der Waals surface area contributed by atoms with Crippen LogP contribution in [0.25, 0.3) is 0 Å². The van der Waals surface area contributed by atoms with Gasteiger partial charge in [-0.25, -0.2) is 0 Å². The van der Waals surface area contributed by atoms with E-state index in [9.17, 15) is 0 Å². The van der Waals surface area contributed by atoms with Crippen LogP contribution in [0.15, 0.2) is 0 Å². The van der Waals surface area contributed by atoms with E-state index in [1.165, 1.54) is 0 Å². The Bertz CT molecular complexity index is 81.3. The Labute approximate surface area is 65.7 Å². The van der Waals surface area contributed by atoms with E-state index in [-0.39, 0.29) is 14.9 Å². The predicted molar refractivity (Wildman–Crippen MR) is 46.0 cm³/mol. The molecule has 0 radical (unpaired) electrons. The number of methoxy groups -OCH3 is 2. The van der Waals surface area contributed by atoms with E-state index in [4.69, 9.17) is 9.47 Å². The quantitative estimate of drug-likeness (QED) is 0.450. The molecule has 0 heterocycles. The van der Waals surface area contributed by atoms with Gasteiger partial charge in [-0.15, -0.1) is 0 Å². The summed E-state index contributed by atoms with van der Waals surface area (Å²) in [4.78, 5) is 0. The molecule has 0 atom stereocenters. The molecule has 62 valence electrons. The van der Waals surface area contributed by atoms with Crippen molar-refractivity contribution in [2.24, 2.45) is 5.92 Å². The molecular weight excluding hydrogens is 144 g/mol. The van der Waals surface area contributed by atoms with Gasteiger partial charge in [-0.05, 0) is 0 Å². The van der Waals surface area contributed by atoms with Crippen LogP contribution in [0.3, 0.4) is 0 Å². The number of ether oxygens (including phenoxy) is 2. The van der Waals surface area contributed by atoms with Crippen LogP contribution in [-0.2, 0) is 9.47 Å². The molecule has 0 amide bonds. The molecule has 0 unspecified atom stereocenters. The first kappa shape index (κ1) is 10.1. The summed E-state index contributed by atoms with van der Waals surface area (Å²) in [5, 5.41) is 0.